The van der Waals surface area contributed by atoms with Crippen molar-refractivity contribution in [2.45, 2.75) is 0 Å². The molecule has 0 atom stereocenters. The summed E-state index contributed by atoms with van der Waals surface area (Å²) < 4.78 is 11.1. The molecule has 4 heteroatoms. The molecule has 0 saturated heterocycles. The third kappa shape index (κ3) is 1.39. The van der Waals surface area contributed by atoms with Crippen LogP contribution < -0.4 is 14.8 Å². The highest BCUT2D eigenvalue weighted by Gasteiger charge is 2.35. The van der Waals surface area contributed by atoms with Gasteiger partial charge in [0.15, 0.2) is 11.5 Å². The van der Waals surface area contributed by atoms with Crippen LogP contribution in [0.15, 0.2) is 48.5 Å². The van der Waals surface area contributed by atoms with E-state index >= 15 is 0 Å². The Labute approximate surface area is 93.4 Å². The van der Waals surface area contributed by atoms with Gasteiger partial charge in [0.2, 0.25) is 0 Å². The molecule has 78 valence electrons. The first kappa shape index (κ1) is 9.15. The molecule has 2 aromatic carbocycles. The van der Waals surface area contributed by atoms with Crippen LogP contribution in [0, 0.1) is 0 Å². The van der Waals surface area contributed by atoms with E-state index in [1.165, 1.54) is 0 Å². The van der Waals surface area contributed by atoms with Crippen molar-refractivity contribution in [2.75, 3.05) is 0 Å². The van der Waals surface area contributed by atoms with E-state index in [-0.39, 0.29) is 5.75 Å². The van der Waals surface area contributed by atoms with Crippen molar-refractivity contribution in [1.82, 2.24) is 0 Å². The van der Waals surface area contributed by atoms with Crippen LogP contribution in [0.1, 0.15) is 0 Å². The summed E-state index contributed by atoms with van der Waals surface area (Å²) in [6.45, 7) is 0. The van der Waals surface area contributed by atoms with E-state index in [1.54, 1.807) is 18.2 Å². The maximum Gasteiger partial charge on any atom is 0.632 e. The third-order valence-corrected chi connectivity index (χ3v) is 2.49. The zero-order chi connectivity index (χ0) is 11.0. The van der Waals surface area contributed by atoms with Gasteiger partial charge in [-0.3, -0.25) is 0 Å². The summed E-state index contributed by atoms with van der Waals surface area (Å²) in [6, 6.07) is 14.7. The first-order valence-corrected chi connectivity index (χ1v) is 5.05. The van der Waals surface area contributed by atoms with Crippen LogP contribution in [0.3, 0.4) is 0 Å². The Bertz CT molecular complexity index is 513. The molecule has 0 fully saturated rings. The van der Waals surface area contributed by atoms with Gasteiger partial charge in [0.25, 0.3) is 0 Å². The Kier molecular flexibility index (Phi) is 1.99. The molecule has 0 aliphatic carbocycles. The molecule has 3 nitrogen and oxygen atoms in total. The number of phenols is 1. The molecule has 0 spiro atoms. The van der Waals surface area contributed by atoms with Gasteiger partial charge in [0, 0.05) is 5.46 Å². The van der Waals surface area contributed by atoms with Crippen LogP contribution in [0.2, 0.25) is 0 Å². The molecule has 0 bridgehead atoms. The predicted octanol–water partition coefficient (Wildman–Crippen LogP) is 1.56. The SMILES string of the molecule is Oc1cccc2c1OB(c1ccccc1)O2. The fourth-order valence-corrected chi connectivity index (χ4v) is 1.71. The molecule has 0 aromatic heterocycles. The molecule has 0 unspecified atom stereocenters. The normalized spacial score (nSPS) is 12.9. The highest BCUT2D eigenvalue weighted by atomic mass is 16.6. The topological polar surface area (TPSA) is 38.7 Å². The van der Waals surface area contributed by atoms with Crippen LogP contribution >= 0.6 is 0 Å². The summed E-state index contributed by atoms with van der Waals surface area (Å²) in [6.07, 6.45) is 0. The third-order valence-electron chi connectivity index (χ3n) is 2.49. The van der Waals surface area contributed by atoms with Crippen molar-refractivity contribution in [3.63, 3.8) is 0 Å². The van der Waals surface area contributed by atoms with Crippen LogP contribution in [0.25, 0.3) is 0 Å². The fourth-order valence-electron chi connectivity index (χ4n) is 1.71. The minimum absolute atomic E-state index is 0.107. The van der Waals surface area contributed by atoms with E-state index in [0.29, 0.717) is 11.5 Å². The number of aromatic hydroxyl groups is 1. The summed E-state index contributed by atoms with van der Waals surface area (Å²) in [4.78, 5) is 0. The van der Waals surface area contributed by atoms with Gasteiger partial charge in [-0.1, -0.05) is 36.4 Å². The van der Waals surface area contributed by atoms with Crippen LogP contribution in [-0.2, 0) is 0 Å². The molecule has 0 saturated carbocycles. The van der Waals surface area contributed by atoms with Crippen molar-refractivity contribution in [3.05, 3.63) is 48.5 Å². The Morgan fingerprint density at radius 2 is 1.69 bits per heavy atom. The Hall–Kier alpha value is -2.10. The van der Waals surface area contributed by atoms with Crippen molar-refractivity contribution in [3.8, 4) is 17.2 Å². The number of fused-ring (bicyclic) bond motifs is 1. The largest absolute Gasteiger partial charge is 0.632 e. The molecule has 1 N–H and O–H groups in total. The molecule has 3 rings (SSSR count). The van der Waals surface area contributed by atoms with E-state index in [1.807, 2.05) is 30.3 Å². The fraction of sp³-hybridized carbons (Fsp3) is 0. The molecule has 1 aliphatic heterocycles. The van der Waals surface area contributed by atoms with Gasteiger partial charge in [-0.15, -0.1) is 0 Å². The summed E-state index contributed by atoms with van der Waals surface area (Å²) in [5, 5.41) is 9.59. The quantitative estimate of drug-likeness (QED) is 0.729. The van der Waals surface area contributed by atoms with Crippen molar-refractivity contribution in [2.24, 2.45) is 0 Å². The molecule has 0 radical (unpaired) electrons. The summed E-state index contributed by atoms with van der Waals surface area (Å²) in [5.41, 5.74) is 0.929. The van der Waals surface area contributed by atoms with Crippen molar-refractivity contribution in [1.29, 1.82) is 0 Å². The smallest absolute Gasteiger partial charge is 0.519 e. The molecule has 2 aromatic rings. The molecule has 1 aliphatic rings. The van der Waals surface area contributed by atoms with Crippen LogP contribution in [0.5, 0.6) is 17.2 Å². The molecule has 1 heterocycles. The lowest BCUT2D eigenvalue weighted by atomic mass is 9.79. The lowest BCUT2D eigenvalue weighted by Crippen LogP contribution is -2.38. The minimum atomic E-state index is -0.468. The van der Waals surface area contributed by atoms with Gasteiger partial charge >= 0.3 is 7.12 Å². The number of benzene rings is 2. The maximum atomic E-state index is 9.59. The summed E-state index contributed by atoms with van der Waals surface area (Å²) in [7, 11) is -0.468. The minimum Gasteiger partial charge on any atom is -0.519 e. The number of para-hydroxylation sites is 1. The molecular formula is C12H9BO3. The first-order chi connectivity index (χ1) is 7.84. The average molecular weight is 212 g/mol. The van der Waals surface area contributed by atoms with E-state index in [4.69, 9.17) is 9.31 Å². The first-order valence-electron chi connectivity index (χ1n) is 5.05. The van der Waals surface area contributed by atoms with E-state index < -0.39 is 7.12 Å². The number of hydrogen-bond acceptors (Lipinski definition) is 3. The standard InChI is InChI=1S/C12H9BO3/c14-10-7-4-8-11-12(10)16-13(15-11)9-5-2-1-3-6-9/h1-8,14H. The number of phenolic OH excluding ortho intramolecular Hbond substituents is 1. The monoisotopic (exact) mass is 212 g/mol. The molecule has 16 heavy (non-hydrogen) atoms. The van der Waals surface area contributed by atoms with Gasteiger partial charge in [-0.25, -0.2) is 0 Å². The highest BCUT2D eigenvalue weighted by molar-refractivity contribution is 6.63. The number of rotatable bonds is 1. The van der Waals surface area contributed by atoms with Gasteiger partial charge in [-0.2, -0.15) is 0 Å². The predicted molar refractivity (Wildman–Crippen MR) is 61.2 cm³/mol. The summed E-state index contributed by atoms with van der Waals surface area (Å²) in [5.74, 6) is 1.10. The van der Waals surface area contributed by atoms with Gasteiger partial charge in [0.05, 0.1) is 0 Å². The van der Waals surface area contributed by atoms with Crippen molar-refractivity contribution < 1.29 is 14.4 Å². The second-order valence-electron chi connectivity index (χ2n) is 3.58. The zero-order valence-corrected chi connectivity index (χ0v) is 8.46. The molecule has 0 amide bonds. The highest BCUT2D eigenvalue weighted by Crippen LogP contribution is 2.40. The Balaban J connectivity index is 1.94. The van der Waals surface area contributed by atoms with Crippen molar-refractivity contribution >= 4 is 12.6 Å². The lowest BCUT2D eigenvalue weighted by Gasteiger charge is -2.03. The van der Waals surface area contributed by atoms with Crippen LogP contribution in [-0.4, -0.2) is 12.2 Å². The summed E-state index contributed by atoms with van der Waals surface area (Å²) >= 11 is 0. The molecular weight excluding hydrogens is 203 g/mol. The second kappa shape index (κ2) is 3.49. The second-order valence-corrected chi connectivity index (χ2v) is 3.58. The Morgan fingerprint density at radius 3 is 2.44 bits per heavy atom. The van der Waals surface area contributed by atoms with E-state index in [0.717, 1.165) is 5.46 Å². The van der Waals surface area contributed by atoms with E-state index in [9.17, 15) is 5.11 Å². The van der Waals surface area contributed by atoms with Gasteiger partial charge in [0.1, 0.15) is 5.75 Å². The van der Waals surface area contributed by atoms with E-state index in [2.05, 4.69) is 0 Å². The van der Waals surface area contributed by atoms with Gasteiger partial charge < -0.3 is 14.4 Å². The average Bonchev–Trinajstić information content (AvgIpc) is 2.76. The Morgan fingerprint density at radius 1 is 0.875 bits per heavy atom. The van der Waals surface area contributed by atoms with Gasteiger partial charge in [-0.05, 0) is 12.1 Å². The zero-order valence-electron chi connectivity index (χ0n) is 8.46. The lowest BCUT2D eigenvalue weighted by molar-refractivity contribution is 0.443. The van der Waals surface area contributed by atoms with Crippen LogP contribution in [0.4, 0.5) is 0 Å². The maximum absolute atomic E-state index is 9.59. The number of hydrogen-bond donors (Lipinski definition) is 1.